The molecule has 3 unspecified atom stereocenters. The van der Waals surface area contributed by atoms with Crippen molar-refractivity contribution in [1.82, 2.24) is 0 Å². The number of carbonyl (C=O) groups excluding carboxylic acids is 4. The largest absolute Gasteiger partial charge is 0.393 e. The van der Waals surface area contributed by atoms with Gasteiger partial charge in [-0.3, -0.25) is 19.2 Å². The van der Waals surface area contributed by atoms with Gasteiger partial charge in [-0.05, 0) is 39.0 Å². The second kappa shape index (κ2) is 14.2. The minimum Gasteiger partial charge on any atom is -0.393 e. The molecular weight excluding hydrogens is 444 g/mol. The predicted octanol–water partition coefficient (Wildman–Crippen LogP) is 6.54. The van der Waals surface area contributed by atoms with Crippen LogP contribution in [0.25, 0.3) is 0 Å². The number of allylic oxidation sites excluding steroid dienone is 3. The first-order chi connectivity index (χ1) is 16.8. The smallest absolute Gasteiger partial charge is 0.328 e. The predicted molar refractivity (Wildman–Crippen MR) is 135 cm³/mol. The van der Waals surface area contributed by atoms with Crippen LogP contribution in [0.3, 0.4) is 0 Å². The summed E-state index contributed by atoms with van der Waals surface area (Å²) in [4.78, 5) is 45.8. The fourth-order valence-electron chi connectivity index (χ4n) is 4.78. The average molecular weight is 487 g/mol. The molecule has 6 nitrogen and oxygen atoms in total. The lowest BCUT2D eigenvalue weighted by molar-refractivity contribution is -0.156. The zero-order valence-electron chi connectivity index (χ0n) is 21.7. The minimum atomic E-state index is -0.863. The Morgan fingerprint density at radius 1 is 0.914 bits per heavy atom. The first-order valence-electron chi connectivity index (χ1n) is 13.3. The molecule has 2 saturated heterocycles. The third-order valence-electron chi connectivity index (χ3n) is 7.19. The van der Waals surface area contributed by atoms with Gasteiger partial charge in [0.25, 0.3) is 0 Å². The van der Waals surface area contributed by atoms with Crippen molar-refractivity contribution in [2.24, 2.45) is 16.7 Å². The van der Waals surface area contributed by atoms with Crippen molar-refractivity contribution in [3.8, 4) is 0 Å². The number of carbonyl (C=O) groups is 4. The molecule has 2 aliphatic heterocycles. The number of fused-ring (bicyclic) bond motifs is 1. The van der Waals surface area contributed by atoms with Crippen LogP contribution in [0, 0.1) is 16.7 Å². The SMILES string of the molecule is CCC=CC12C=CCCC1(C)C(=O)OC2=O.CCCCCCCCCCC=CC1CC(=O)OC1=O. The molecule has 0 aromatic heterocycles. The molecule has 35 heavy (non-hydrogen) atoms. The van der Waals surface area contributed by atoms with Crippen LogP contribution in [0.1, 0.15) is 104 Å². The Morgan fingerprint density at radius 3 is 2.23 bits per heavy atom. The Kier molecular flexibility index (Phi) is 11.6. The molecule has 0 N–H and O–H groups in total. The lowest BCUT2D eigenvalue weighted by Crippen LogP contribution is -2.41. The number of rotatable bonds is 12. The molecule has 0 aromatic carbocycles. The summed E-state index contributed by atoms with van der Waals surface area (Å²) in [5.74, 6) is -1.94. The average Bonchev–Trinajstić information content (AvgIpc) is 3.26. The molecular formula is C29H42O6. The third kappa shape index (κ3) is 7.49. The van der Waals surface area contributed by atoms with E-state index in [9.17, 15) is 19.2 Å². The second-order valence-electron chi connectivity index (χ2n) is 9.93. The fourth-order valence-corrected chi connectivity index (χ4v) is 4.78. The van der Waals surface area contributed by atoms with Gasteiger partial charge >= 0.3 is 23.9 Å². The Balaban J connectivity index is 0.000000250. The first-order valence-corrected chi connectivity index (χ1v) is 13.3. The molecule has 0 bridgehead atoms. The first kappa shape index (κ1) is 28.7. The topological polar surface area (TPSA) is 86.7 Å². The number of hydrogen-bond donors (Lipinski definition) is 0. The zero-order valence-corrected chi connectivity index (χ0v) is 21.7. The van der Waals surface area contributed by atoms with Crippen LogP contribution in [0.4, 0.5) is 0 Å². The van der Waals surface area contributed by atoms with E-state index >= 15 is 0 Å². The maximum Gasteiger partial charge on any atom is 0.328 e. The van der Waals surface area contributed by atoms with Gasteiger partial charge in [-0.2, -0.15) is 0 Å². The standard InChI is InChI=1S/C16H26O3.C13H16O3/c1-2-3-4-5-6-7-8-9-10-11-12-14-13-15(17)19-16(14)18;1-3-4-8-13-9-6-5-7-12(13,2)10(14)16-11(13)15/h11-12,14H,2-10,13H2,1H3;4,6,8-9H,3,5,7H2,1-2H3. The summed E-state index contributed by atoms with van der Waals surface area (Å²) >= 11 is 0. The van der Waals surface area contributed by atoms with E-state index in [-0.39, 0.29) is 18.3 Å². The van der Waals surface area contributed by atoms with E-state index in [2.05, 4.69) is 11.7 Å². The number of cyclic esters (lactones) is 4. The summed E-state index contributed by atoms with van der Waals surface area (Å²) in [5.41, 5.74) is -1.58. The summed E-state index contributed by atoms with van der Waals surface area (Å²) in [6.07, 6.45) is 25.4. The van der Waals surface area contributed by atoms with Crippen LogP contribution in [-0.2, 0) is 28.7 Å². The summed E-state index contributed by atoms with van der Waals surface area (Å²) < 4.78 is 9.32. The highest BCUT2D eigenvalue weighted by atomic mass is 16.6. The van der Waals surface area contributed by atoms with E-state index in [4.69, 9.17) is 4.74 Å². The van der Waals surface area contributed by atoms with Gasteiger partial charge in [0, 0.05) is 0 Å². The van der Waals surface area contributed by atoms with E-state index in [1.807, 2.05) is 50.3 Å². The van der Waals surface area contributed by atoms with Gasteiger partial charge in [-0.25, -0.2) is 0 Å². The van der Waals surface area contributed by atoms with E-state index in [0.717, 1.165) is 19.3 Å². The molecule has 0 aromatic rings. The zero-order chi connectivity index (χ0) is 25.7. The fraction of sp³-hybridized carbons (Fsp3) is 0.655. The lowest BCUT2D eigenvalue weighted by Gasteiger charge is -2.35. The van der Waals surface area contributed by atoms with Gasteiger partial charge in [0.05, 0.1) is 17.8 Å². The molecule has 2 heterocycles. The Hall–Kier alpha value is -2.50. The van der Waals surface area contributed by atoms with E-state index in [1.54, 1.807) is 0 Å². The highest BCUT2D eigenvalue weighted by Gasteiger charge is 2.63. The normalized spacial score (nSPS) is 27.8. The van der Waals surface area contributed by atoms with Crippen LogP contribution in [0.2, 0.25) is 0 Å². The molecule has 3 rings (SSSR count). The molecule has 194 valence electrons. The van der Waals surface area contributed by atoms with Gasteiger partial charge in [-0.15, -0.1) is 0 Å². The summed E-state index contributed by atoms with van der Waals surface area (Å²) in [6, 6.07) is 0. The summed E-state index contributed by atoms with van der Waals surface area (Å²) in [7, 11) is 0. The van der Waals surface area contributed by atoms with Crippen LogP contribution >= 0.6 is 0 Å². The lowest BCUT2D eigenvalue weighted by atomic mass is 9.61. The quantitative estimate of drug-likeness (QED) is 0.135. The molecule has 0 saturated carbocycles. The van der Waals surface area contributed by atoms with Crippen molar-refractivity contribution in [3.63, 3.8) is 0 Å². The van der Waals surface area contributed by atoms with Crippen molar-refractivity contribution in [2.75, 3.05) is 0 Å². The molecule has 0 amide bonds. The molecule has 0 spiro atoms. The van der Waals surface area contributed by atoms with Gasteiger partial charge < -0.3 is 9.47 Å². The number of hydrogen-bond acceptors (Lipinski definition) is 6. The highest BCUT2D eigenvalue weighted by Crippen LogP contribution is 2.54. The molecule has 6 heteroatoms. The maximum absolute atomic E-state index is 11.9. The Labute approximate surface area is 210 Å². The van der Waals surface area contributed by atoms with Crippen LogP contribution < -0.4 is 0 Å². The molecule has 2 fully saturated rings. The summed E-state index contributed by atoms with van der Waals surface area (Å²) in [6.45, 7) is 6.06. The van der Waals surface area contributed by atoms with Crippen molar-refractivity contribution in [3.05, 3.63) is 36.5 Å². The summed E-state index contributed by atoms with van der Waals surface area (Å²) in [5, 5.41) is 0. The van der Waals surface area contributed by atoms with E-state index in [0.29, 0.717) is 6.42 Å². The van der Waals surface area contributed by atoms with Crippen molar-refractivity contribution < 1.29 is 28.7 Å². The highest BCUT2D eigenvalue weighted by molar-refractivity contribution is 6.04. The number of unbranched alkanes of at least 4 members (excludes halogenated alkanes) is 8. The van der Waals surface area contributed by atoms with Crippen LogP contribution in [-0.4, -0.2) is 23.9 Å². The second-order valence-corrected chi connectivity index (χ2v) is 9.93. The van der Waals surface area contributed by atoms with Gasteiger partial charge in [0.15, 0.2) is 0 Å². The molecule has 3 atom stereocenters. The van der Waals surface area contributed by atoms with Gasteiger partial charge in [0.1, 0.15) is 5.41 Å². The van der Waals surface area contributed by atoms with Crippen molar-refractivity contribution >= 4 is 23.9 Å². The van der Waals surface area contributed by atoms with E-state index < -0.39 is 28.7 Å². The van der Waals surface area contributed by atoms with Gasteiger partial charge in [0.2, 0.25) is 0 Å². The van der Waals surface area contributed by atoms with Crippen molar-refractivity contribution in [2.45, 2.75) is 104 Å². The van der Waals surface area contributed by atoms with Crippen LogP contribution in [0.5, 0.6) is 0 Å². The molecule has 1 aliphatic carbocycles. The Morgan fingerprint density at radius 2 is 1.60 bits per heavy atom. The van der Waals surface area contributed by atoms with Crippen LogP contribution in [0.15, 0.2) is 36.5 Å². The number of esters is 4. The molecule has 0 radical (unpaired) electrons. The van der Waals surface area contributed by atoms with Gasteiger partial charge in [-0.1, -0.05) is 95.2 Å². The monoisotopic (exact) mass is 486 g/mol. The van der Waals surface area contributed by atoms with Crippen molar-refractivity contribution in [1.29, 1.82) is 0 Å². The Bertz CT molecular complexity index is 838. The van der Waals surface area contributed by atoms with E-state index in [1.165, 1.54) is 51.4 Å². The number of ether oxygens (including phenoxy) is 2. The maximum atomic E-state index is 11.9. The minimum absolute atomic E-state index is 0.215. The molecule has 3 aliphatic rings. The third-order valence-corrected chi connectivity index (χ3v) is 7.19.